The van der Waals surface area contributed by atoms with Gasteiger partial charge in [0.15, 0.2) is 11.6 Å². The number of fused-ring (bicyclic) bond motifs is 1. The molecule has 17 heavy (non-hydrogen) atoms. The molecule has 0 radical (unpaired) electrons. The van der Waals surface area contributed by atoms with Crippen molar-refractivity contribution in [2.45, 2.75) is 6.92 Å². The quantitative estimate of drug-likeness (QED) is 0.827. The van der Waals surface area contributed by atoms with Crippen molar-refractivity contribution in [1.29, 1.82) is 0 Å². The van der Waals surface area contributed by atoms with Gasteiger partial charge in [-0.3, -0.25) is 0 Å². The number of benzene rings is 1. The molecule has 1 aromatic heterocycles. The predicted octanol–water partition coefficient (Wildman–Crippen LogP) is 2.59. The van der Waals surface area contributed by atoms with Gasteiger partial charge in [-0.05, 0) is 24.4 Å². The van der Waals surface area contributed by atoms with E-state index >= 15 is 0 Å². The normalized spacial score (nSPS) is 10.8. The number of aryl methyl sites for hydroxylation is 1. The number of hydrogen-bond donors (Lipinski definition) is 0. The van der Waals surface area contributed by atoms with Gasteiger partial charge in [0, 0.05) is 0 Å². The minimum atomic E-state index is -0.815. The Morgan fingerprint density at radius 3 is 2.88 bits per heavy atom. The molecule has 3 nitrogen and oxygen atoms in total. The van der Waals surface area contributed by atoms with Crippen LogP contribution in [0.5, 0.6) is 5.75 Å². The number of halogens is 2. The molecule has 0 amide bonds. The first-order valence-corrected chi connectivity index (χ1v) is 5.05. The summed E-state index contributed by atoms with van der Waals surface area (Å²) in [6, 6.07) is 4.46. The molecule has 0 bridgehead atoms. The summed E-state index contributed by atoms with van der Waals surface area (Å²) in [4.78, 5) is 11.5. The smallest absolute Gasteiger partial charge is 0.346 e. The fourth-order valence-electron chi connectivity index (χ4n) is 1.61. The molecule has 0 saturated heterocycles. The second kappa shape index (κ2) is 4.53. The highest BCUT2D eigenvalue weighted by Crippen LogP contribution is 2.24. The molecule has 2 rings (SSSR count). The molecule has 0 aliphatic carbocycles. The Hall–Kier alpha value is -1.91. The number of ether oxygens (including phenoxy) is 1. The lowest BCUT2D eigenvalue weighted by Gasteiger charge is -2.06. The molecular weight excluding hydrogens is 230 g/mol. The maximum atomic E-state index is 13.9. The van der Waals surface area contributed by atoms with Crippen LogP contribution >= 0.6 is 0 Å². The third-order valence-corrected chi connectivity index (χ3v) is 2.29. The van der Waals surface area contributed by atoms with Gasteiger partial charge in [0.25, 0.3) is 0 Å². The topological polar surface area (TPSA) is 39.4 Å². The molecule has 0 aliphatic heterocycles. The number of rotatable bonds is 3. The third kappa shape index (κ3) is 2.13. The Morgan fingerprint density at radius 1 is 1.41 bits per heavy atom. The average molecular weight is 240 g/mol. The molecule has 0 N–H and O–H groups in total. The fourth-order valence-corrected chi connectivity index (χ4v) is 1.61. The Bertz CT molecular complexity index is 604. The van der Waals surface area contributed by atoms with E-state index in [1.54, 1.807) is 13.0 Å². The summed E-state index contributed by atoms with van der Waals surface area (Å²) >= 11 is 0. The first kappa shape index (κ1) is 11.6. The minimum absolute atomic E-state index is 0.147. The van der Waals surface area contributed by atoms with Crippen molar-refractivity contribution in [2.24, 2.45) is 0 Å². The highest BCUT2D eigenvalue weighted by atomic mass is 19.1. The van der Waals surface area contributed by atoms with Crippen LogP contribution < -0.4 is 10.4 Å². The molecule has 0 spiro atoms. The van der Waals surface area contributed by atoms with Crippen LogP contribution in [0.4, 0.5) is 8.78 Å². The van der Waals surface area contributed by atoms with E-state index in [1.807, 2.05) is 0 Å². The van der Waals surface area contributed by atoms with Gasteiger partial charge < -0.3 is 9.15 Å². The average Bonchev–Trinajstić information content (AvgIpc) is 2.27. The van der Waals surface area contributed by atoms with Crippen LogP contribution in [0.1, 0.15) is 5.76 Å². The minimum Gasteiger partial charge on any atom is -0.488 e. The van der Waals surface area contributed by atoms with Crippen LogP contribution in [-0.2, 0) is 0 Å². The van der Waals surface area contributed by atoms with Crippen molar-refractivity contribution in [3.05, 3.63) is 40.2 Å². The lowest BCUT2D eigenvalue weighted by molar-refractivity contribution is 0.263. The van der Waals surface area contributed by atoms with Crippen molar-refractivity contribution in [3.63, 3.8) is 0 Å². The van der Waals surface area contributed by atoms with E-state index in [9.17, 15) is 13.6 Å². The van der Waals surface area contributed by atoms with Crippen LogP contribution in [-0.4, -0.2) is 13.3 Å². The SMILES string of the molecule is Cc1cc2ccc(OCCF)c(F)c2c(=O)o1. The van der Waals surface area contributed by atoms with Gasteiger partial charge in [0.05, 0.1) is 0 Å². The molecule has 0 aliphatic rings. The standard InChI is InChI=1S/C12H10F2O3/c1-7-6-8-2-3-9(16-5-4-13)11(14)10(8)12(15)17-7/h2-3,6H,4-5H2,1H3. The Morgan fingerprint density at radius 2 is 2.18 bits per heavy atom. The highest BCUT2D eigenvalue weighted by Gasteiger charge is 2.13. The van der Waals surface area contributed by atoms with Gasteiger partial charge in [0.2, 0.25) is 0 Å². The maximum Gasteiger partial charge on any atom is 0.346 e. The molecular formula is C12H10F2O3. The van der Waals surface area contributed by atoms with Crippen LogP contribution in [0.2, 0.25) is 0 Å². The van der Waals surface area contributed by atoms with Crippen molar-refractivity contribution < 1.29 is 17.9 Å². The van der Waals surface area contributed by atoms with Crippen LogP contribution in [0.25, 0.3) is 10.8 Å². The number of alkyl halides is 1. The van der Waals surface area contributed by atoms with Gasteiger partial charge in [-0.15, -0.1) is 0 Å². The largest absolute Gasteiger partial charge is 0.488 e. The van der Waals surface area contributed by atoms with Gasteiger partial charge in [-0.25, -0.2) is 13.6 Å². The van der Waals surface area contributed by atoms with E-state index < -0.39 is 18.1 Å². The summed E-state index contributed by atoms with van der Waals surface area (Å²) in [6.45, 7) is 0.631. The van der Waals surface area contributed by atoms with Crippen LogP contribution in [0.15, 0.2) is 27.4 Å². The van der Waals surface area contributed by atoms with Gasteiger partial charge in [-0.1, -0.05) is 6.07 Å². The zero-order valence-electron chi connectivity index (χ0n) is 9.13. The first-order valence-electron chi connectivity index (χ1n) is 5.05. The van der Waals surface area contributed by atoms with E-state index in [-0.39, 0.29) is 17.7 Å². The predicted molar refractivity (Wildman–Crippen MR) is 58.6 cm³/mol. The Balaban J connectivity index is 2.63. The van der Waals surface area contributed by atoms with Crippen molar-refractivity contribution >= 4 is 10.8 Å². The van der Waals surface area contributed by atoms with Crippen molar-refractivity contribution in [2.75, 3.05) is 13.3 Å². The summed E-state index contributed by atoms with van der Waals surface area (Å²) in [5, 5.41) is 0.260. The van der Waals surface area contributed by atoms with E-state index in [4.69, 9.17) is 9.15 Å². The molecule has 0 atom stereocenters. The lowest BCUT2D eigenvalue weighted by Crippen LogP contribution is -2.06. The van der Waals surface area contributed by atoms with Gasteiger partial charge in [-0.2, -0.15) is 0 Å². The molecule has 0 saturated carbocycles. The molecule has 2 aromatic rings. The van der Waals surface area contributed by atoms with E-state index in [2.05, 4.69) is 0 Å². The van der Waals surface area contributed by atoms with Gasteiger partial charge >= 0.3 is 5.63 Å². The summed E-state index contributed by atoms with van der Waals surface area (Å²) in [5.41, 5.74) is -0.761. The van der Waals surface area contributed by atoms with E-state index in [0.717, 1.165) is 0 Å². The summed E-state index contributed by atoms with van der Waals surface area (Å²) in [7, 11) is 0. The zero-order chi connectivity index (χ0) is 12.4. The van der Waals surface area contributed by atoms with E-state index in [1.165, 1.54) is 12.1 Å². The second-order valence-electron chi connectivity index (χ2n) is 3.52. The Kier molecular flexibility index (Phi) is 3.08. The van der Waals surface area contributed by atoms with Crippen molar-refractivity contribution in [3.8, 4) is 5.75 Å². The monoisotopic (exact) mass is 240 g/mol. The molecule has 1 heterocycles. The van der Waals surface area contributed by atoms with Crippen LogP contribution in [0.3, 0.4) is 0 Å². The fraction of sp³-hybridized carbons (Fsp3) is 0.250. The highest BCUT2D eigenvalue weighted by molar-refractivity contribution is 5.83. The Labute approximate surface area is 95.6 Å². The molecule has 0 unspecified atom stereocenters. The summed E-state index contributed by atoms with van der Waals surface area (Å²) in [6.07, 6.45) is 0. The van der Waals surface area contributed by atoms with Crippen LogP contribution in [0, 0.1) is 12.7 Å². The van der Waals surface area contributed by atoms with E-state index in [0.29, 0.717) is 11.1 Å². The molecule has 5 heteroatoms. The molecule has 90 valence electrons. The summed E-state index contributed by atoms with van der Waals surface area (Å²) in [5.74, 6) is -0.560. The molecule has 0 fully saturated rings. The third-order valence-electron chi connectivity index (χ3n) is 2.29. The zero-order valence-corrected chi connectivity index (χ0v) is 9.13. The van der Waals surface area contributed by atoms with Crippen molar-refractivity contribution in [1.82, 2.24) is 0 Å². The summed E-state index contributed by atoms with van der Waals surface area (Å²) < 4.78 is 35.5. The number of hydrogen-bond acceptors (Lipinski definition) is 3. The lowest BCUT2D eigenvalue weighted by atomic mass is 10.1. The van der Waals surface area contributed by atoms with Gasteiger partial charge in [0.1, 0.15) is 24.4 Å². The first-order chi connectivity index (χ1) is 8.13. The second-order valence-corrected chi connectivity index (χ2v) is 3.52. The maximum absolute atomic E-state index is 13.9. The molecule has 1 aromatic carbocycles.